The van der Waals surface area contributed by atoms with Gasteiger partial charge in [0.25, 0.3) is 0 Å². The van der Waals surface area contributed by atoms with Crippen molar-refractivity contribution in [3.63, 3.8) is 0 Å². The van der Waals surface area contributed by atoms with Gasteiger partial charge >= 0.3 is 27.9 Å². The van der Waals surface area contributed by atoms with Crippen LogP contribution in [-0.2, 0) is 0 Å². The summed E-state index contributed by atoms with van der Waals surface area (Å²) in [7, 11) is -4.61. The number of hydrogen-bond donors (Lipinski definition) is 4. The first kappa shape index (κ1) is 15.7. The van der Waals surface area contributed by atoms with Gasteiger partial charge < -0.3 is 19.2 Å². The predicted molar refractivity (Wildman–Crippen MR) is 31.7 cm³/mol. The molecule has 40 valence electrons. The summed E-state index contributed by atoms with van der Waals surface area (Å²) in [6.45, 7) is 0. The van der Waals surface area contributed by atoms with Gasteiger partial charge in [-0.15, -0.1) is 0 Å². The fourth-order valence-corrected chi connectivity index (χ4v) is 0. The van der Waals surface area contributed by atoms with Crippen LogP contribution in [0.1, 0.15) is 0 Å². The zero-order chi connectivity index (χ0) is 4.50. The zero-order valence-electron chi connectivity index (χ0n) is 2.29. The third kappa shape index (κ3) is 137. The Balaban J connectivity index is -0.0000000800. The second kappa shape index (κ2) is 5.33. The minimum atomic E-state index is -4.61. The van der Waals surface area contributed by atoms with Crippen LogP contribution >= 0.6 is 0 Å². The molecular weight excluding hydrogens is 126 g/mol. The summed E-state index contributed by atoms with van der Waals surface area (Å²) in [6.07, 6.45) is 0. The van der Waals surface area contributed by atoms with E-state index in [1.807, 2.05) is 0 Å². The minimum absolute atomic E-state index is 0. The SMILES string of the molecule is O[Si](O)(O)O.[AlH3].[LiH]. The topological polar surface area (TPSA) is 80.9 Å². The Morgan fingerprint density at radius 3 is 0.857 bits per heavy atom. The average Bonchev–Trinajstić information content (AvgIpc) is 0.722. The molecule has 7 heteroatoms. The number of rotatable bonds is 0. The molecular formula is H8AlLiO4Si. The summed E-state index contributed by atoms with van der Waals surface area (Å²) in [5.74, 6) is 0. The van der Waals surface area contributed by atoms with Gasteiger partial charge in [-0.25, -0.2) is 0 Å². The fourth-order valence-electron chi connectivity index (χ4n) is 0. The van der Waals surface area contributed by atoms with Crippen LogP contribution in [0.15, 0.2) is 0 Å². The van der Waals surface area contributed by atoms with Gasteiger partial charge in [-0.1, -0.05) is 0 Å². The molecule has 0 unspecified atom stereocenters. The van der Waals surface area contributed by atoms with Crippen molar-refractivity contribution in [1.82, 2.24) is 0 Å². The molecule has 0 amide bonds. The molecule has 0 saturated carbocycles. The van der Waals surface area contributed by atoms with Gasteiger partial charge in [0, 0.05) is 0 Å². The summed E-state index contributed by atoms with van der Waals surface area (Å²) in [4.78, 5) is 29.3. The Kier molecular flexibility index (Phi) is 12.0. The van der Waals surface area contributed by atoms with E-state index in [2.05, 4.69) is 0 Å². The molecule has 0 aliphatic carbocycles. The van der Waals surface area contributed by atoms with Gasteiger partial charge in [-0.3, -0.25) is 0 Å². The Labute approximate surface area is 64.6 Å². The summed E-state index contributed by atoms with van der Waals surface area (Å²) in [5.41, 5.74) is 0. The Bertz CT molecular complexity index is 27.2. The van der Waals surface area contributed by atoms with E-state index in [0.717, 1.165) is 0 Å². The molecule has 0 aliphatic heterocycles. The van der Waals surface area contributed by atoms with Crippen LogP contribution in [0.5, 0.6) is 0 Å². The predicted octanol–water partition coefficient (Wildman–Crippen LogP) is -4.44. The van der Waals surface area contributed by atoms with E-state index in [4.69, 9.17) is 19.2 Å². The van der Waals surface area contributed by atoms with Gasteiger partial charge in [-0.05, 0) is 0 Å². The number of hydrogen-bond acceptors (Lipinski definition) is 4. The molecule has 0 aromatic heterocycles. The molecule has 4 N–H and O–H groups in total. The van der Waals surface area contributed by atoms with E-state index in [9.17, 15) is 0 Å². The second-order valence-corrected chi connectivity index (χ2v) is 1.80. The molecule has 0 heterocycles. The maximum absolute atomic E-state index is 7.33. The third-order valence-corrected chi connectivity index (χ3v) is 0. The Morgan fingerprint density at radius 1 is 0.857 bits per heavy atom. The van der Waals surface area contributed by atoms with Gasteiger partial charge in [0.2, 0.25) is 0 Å². The van der Waals surface area contributed by atoms with Gasteiger partial charge in [-0.2, -0.15) is 0 Å². The average molecular weight is 134 g/mol. The Morgan fingerprint density at radius 2 is 0.857 bits per heavy atom. The quantitative estimate of drug-likeness (QED) is 0.252. The summed E-state index contributed by atoms with van der Waals surface area (Å²) in [5, 5.41) is 0. The molecule has 0 aromatic carbocycles. The first-order valence-corrected chi connectivity index (χ1v) is 2.68. The van der Waals surface area contributed by atoms with Crippen molar-refractivity contribution >= 4 is 45.3 Å². The molecule has 0 bridgehead atoms. The molecule has 0 radical (unpaired) electrons. The zero-order valence-corrected chi connectivity index (χ0v) is 3.29. The van der Waals surface area contributed by atoms with E-state index in [1.165, 1.54) is 0 Å². The van der Waals surface area contributed by atoms with E-state index in [0.29, 0.717) is 0 Å². The molecule has 0 fully saturated rings. The van der Waals surface area contributed by atoms with Crippen molar-refractivity contribution < 1.29 is 19.2 Å². The Hall–Kier alpha value is 1.19. The van der Waals surface area contributed by atoms with Crippen molar-refractivity contribution in [2.75, 3.05) is 0 Å². The molecule has 0 atom stereocenters. The van der Waals surface area contributed by atoms with Crippen LogP contribution < -0.4 is 0 Å². The third-order valence-electron chi connectivity index (χ3n) is 0. The summed E-state index contributed by atoms with van der Waals surface area (Å²) < 4.78 is 0. The summed E-state index contributed by atoms with van der Waals surface area (Å²) >= 11 is 0. The van der Waals surface area contributed by atoms with Gasteiger partial charge in [0.05, 0.1) is 0 Å². The van der Waals surface area contributed by atoms with Gasteiger partial charge in [0.1, 0.15) is 0 Å². The van der Waals surface area contributed by atoms with Crippen LogP contribution in [0.25, 0.3) is 0 Å². The van der Waals surface area contributed by atoms with E-state index >= 15 is 0 Å². The first-order valence-electron chi connectivity index (χ1n) is 0.894. The van der Waals surface area contributed by atoms with Crippen LogP contribution in [0.2, 0.25) is 0 Å². The molecule has 0 aromatic rings. The van der Waals surface area contributed by atoms with Crippen molar-refractivity contribution in [1.29, 1.82) is 0 Å². The van der Waals surface area contributed by atoms with Crippen molar-refractivity contribution in [2.45, 2.75) is 0 Å². The van der Waals surface area contributed by atoms with Crippen LogP contribution in [0.3, 0.4) is 0 Å². The van der Waals surface area contributed by atoms with E-state index in [1.54, 1.807) is 0 Å². The van der Waals surface area contributed by atoms with Crippen molar-refractivity contribution in [3.8, 4) is 0 Å². The summed E-state index contributed by atoms with van der Waals surface area (Å²) in [6, 6.07) is 0. The molecule has 0 rings (SSSR count). The van der Waals surface area contributed by atoms with E-state index in [-0.39, 0.29) is 36.2 Å². The maximum atomic E-state index is 7.33. The second-order valence-electron chi connectivity index (χ2n) is 0.600. The van der Waals surface area contributed by atoms with Crippen LogP contribution in [0, 0.1) is 0 Å². The van der Waals surface area contributed by atoms with Crippen molar-refractivity contribution in [2.24, 2.45) is 0 Å². The van der Waals surface area contributed by atoms with Crippen LogP contribution in [0.4, 0.5) is 0 Å². The fraction of sp³-hybridized carbons (Fsp3) is 0. The molecule has 0 saturated heterocycles. The van der Waals surface area contributed by atoms with Gasteiger partial charge in [0.15, 0.2) is 17.4 Å². The standard InChI is InChI=1S/Al.Li.H4O4Si.4H/c;;1-5(2,3)4;;;;/h;;1-4H;;;;. The first-order chi connectivity index (χ1) is 2.00. The molecule has 4 nitrogen and oxygen atoms in total. The van der Waals surface area contributed by atoms with E-state index < -0.39 is 9.05 Å². The molecule has 0 aliphatic rings. The van der Waals surface area contributed by atoms with Crippen molar-refractivity contribution in [3.05, 3.63) is 0 Å². The normalized spacial score (nSPS) is 8.57. The monoisotopic (exact) mass is 134 g/mol. The van der Waals surface area contributed by atoms with Crippen LogP contribution in [-0.4, -0.2) is 64.5 Å². The molecule has 0 spiro atoms. The molecule has 7 heavy (non-hydrogen) atoms.